The van der Waals surface area contributed by atoms with Crippen LogP contribution < -0.4 is 14.8 Å². The second kappa shape index (κ2) is 8.19. The second-order valence-corrected chi connectivity index (χ2v) is 8.46. The normalized spacial score (nSPS) is 16.6. The predicted octanol–water partition coefficient (Wildman–Crippen LogP) is 4.42. The van der Waals surface area contributed by atoms with Crippen molar-refractivity contribution in [3.8, 4) is 11.5 Å². The average molecular weight is 402 g/mol. The molecule has 1 aromatic heterocycles. The maximum atomic E-state index is 13.1. The van der Waals surface area contributed by atoms with Gasteiger partial charge < -0.3 is 14.8 Å². The standard InChI is InChI=1S/C25H26N2O3/c1-25(2,3)19-9-10-20-21(15-19)29-16-22(30-20)24(28)27-23(17-7-5-4-6-8-17)18-11-13-26-14-12-18/h4-15,22-23H,16H2,1-3H3,(H,27,28). The summed E-state index contributed by atoms with van der Waals surface area (Å²) in [6.45, 7) is 6.62. The Hall–Kier alpha value is -3.34. The number of aromatic nitrogens is 1. The van der Waals surface area contributed by atoms with Crippen molar-refractivity contribution in [1.29, 1.82) is 0 Å². The molecule has 2 atom stereocenters. The number of pyridine rings is 1. The number of carbonyl (C=O) groups is 1. The molecule has 5 nitrogen and oxygen atoms in total. The molecule has 0 fully saturated rings. The van der Waals surface area contributed by atoms with Crippen LogP contribution in [0, 0.1) is 0 Å². The monoisotopic (exact) mass is 402 g/mol. The molecule has 30 heavy (non-hydrogen) atoms. The Bertz CT molecular complexity index is 974. The van der Waals surface area contributed by atoms with Gasteiger partial charge in [0.25, 0.3) is 5.91 Å². The highest BCUT2D eigenvalue weighted by molar-refractivity contribution is 5.82. The first-order valence-corrected chi connectivity index (χ1v) is 10.1. The number of amides is 1. The lowest BCUT2D eigenvalue weighted by Crippen LogP contribution is -2.45. The van der Waals surface area contributed by atoms with Crippen molar-refractivity contribution in [2.75, 3.05) is 6.61 Å². The molecule has 0 saturated heterocycles. The number of hydrogen-bond donors (Lipinski definition) is 1. The Morgan fingerprint density at radius 2 is 1.70 bits per heavy atom. The Kier molecular flexibility index (Phi) is 5.44. The van der Waals surface area contributed by atoms with E-state index in [4.69, 9.17) is 9.47 Å². The summed E-state index contributed by atoms with van der Waals surface area (Å²) in [4.78, 5) is 17.1. The summed E-state index contributed by atoms with van der Waals surface area (Å²) < 4.78 is 11.9. The van der Waals surface area contributed by atoms with Gasteiger partial charge >= 0.3 is 0 Å². The first-order chi connectivity index (χ1) is 14.4. The third-order valence-electron chi connectivity index (χ3n) is 5.22. The highest BCUT2D eigenvalue weighted by Gasteiger charge is 2.30. The number of nitrogens with zero attached hydrogens (tertiary/aromatic N) is 1. The van der Waals surface area contributed by atoms with E-state index in [9.17, 15) is 4.79 Å². The van der Waals surface area contributed by atoms with E-state index in [1.807, 2.05) is 60.7 Å². The van der Waals surface area contributed by atoms with Gasteiger partial charge in [0.1, 0.15) is 6.61 Å². The average Bonchev–Trinajstić information content (AvgIpc) is 2.77. The molecule has 0 spiro atoms. The number of hydrogen-bond acceptors (Lipinski definition) is 4. The summed E-state index contributed by atoms with van der Waals surface area (Å²) in [5.74, 6) is 1.06. The second-order valence-electron chi connectivity index (χ2n) is 8.46. The molecule has 1 N–H and O–H groups in total. The lowest BCUT2D eigenvalue weighted by Gasteiger charge is -2.29. The molecular weight excluding hydrogens is 376 g/mol. The van der Waals surface area contributed by atoms with Crippen LogP contribution in [-0.2, 0) is 10.2 Å². The van der Waals surface area contributed by atoms with Crippen LogP contribution in [0.15, 0.2) is 73.1 Å². The zero-order valence-corrected chi connectivity index (χ0v) is 17.5. The predicted molar refractivity (Wildman–Crippen MR) is 116 cm³/mol. The van der Waals surface area contributed by atoms with Crippen molar-refractivity contribution < 1.29 is 14.3 Å². The number of carbonyl (C=O) groups excluding carboxylic acids is 1. The molecule has 4 rings (SSSR count). The van der Waals surface area contributed by atoms with Gasteiger partial charge in [-0.1, -0.05) is 57.2 Å². The minimum Gasteiger partial charge on any atom is -0.485 e. The van der Waals surface area contributed by atoms with E-state index < -0.39 is 6.10 Å². The van der Waals surface area contributed by atoms with Gasteiger partial charge in [-0.3, -0.25) is 9.78 Å². The van der Waals surface area contributed by atoms with E-state index in [1.165, 1.54) is 0 Å². The van der Waals surface area contributed by atoms with Crippen molar-refractivity contribution >= 4 is 5.91 Å². The molecule has 0 saturated carbocycles. The molecule has 154 valence electrons. The summed E-state index contributed by atoms with van der Waals surface area (Å²) in [6, 6.07) is 19.3. The Balaban J connectivity index is 1.53. The minimum atomic E-state index is -0.717. The van der Waals surface area contributed by atoms with Crippen LogP contribution >= 0.6 is 0 Å². The molecule has 1 amide bonds. The molecule has 2 aromatic carbocycles. The van der Waals surface area contributed by atoms with E-state index in [0.717, 1.165) is 16.7 Å². The summed E-state index contributed by atoms with van der Waals surface area (Å²) in [6.07, 6.45) is 2.73. The number of rotatable bonds is 4. The topological polar surface area (TPSA) is 60.5 Å². The fraction of sp³-hybridized carbons (Fsp3) is 0.280. The highest BCUT2D eigenvalue weighted by Crippen LogP contribution is 2.36. The lowest BCUT2D eigenvalue weighted by molar-refractivity contribution is -0.130. The largest absolute Gasteiger partial charge is 0.485 e. The van der Waals surface area contributed by atoms with Crippen molar-refractivity contribution in [2.45, 2.75) is 38.3 Å². The smallest absolute Gasteiger partial charge is 0.265 e. The number of benzene rings is 2. The van der Waals surface area contributed by atoms with Crippen LogP contribution in [0.2, 0.25) is 0 Å². The molecule has 2 unspecified atom stereocenters. The van der Waals surface area contributed by atoms with Crippen molar-refractivity contribution in [1.82, 2.24) is 10.3 Å². The van der Waals surface area contributed by atoms with E-state index in [0.29, 0.717) is 11.5 Å². The Morgan fingerprint density at radius 3 is 2.40 bits per heavy atom. The maximum absolute atomic E-state index is 13.1. The van der Waals surface area contributed by atoms with Crippen LogP contribution in [0.25, 0.3) is 0 Å². The zero-order valence-electron chi connectivity index (χ0n) is 17.5. The third kappa shape index (κ3) is 4.30. The summed E-state index contributed by atoms with van der Waals surface area (Å²) in [5, 5.41) is 3.11. The SMILES string of the molecule is CC(C)(C)c1ccc2c(c1)OCC(C(=O)NC(c1ccccc1)c1ccncc1)O2. The van der Waals surface area contributed by atoms with Gasteiger partial charge in [0.2, 0.25) is 6.10 Å². The van der Waals surface area contributed by atoms with Crippen LogP contribution in [0.5, 0.6) is 11.5 Å². The van der Waals surface area contributed by atoms with Crippen molar-refractivity contribution in [3.05, 3.63) is 89.7 Å². The van der Waals surface area contributed by atoms with E-state index in [1.54, 1.807) is 12.4 Å². The van der Waals surface area contributed by atoms with Crippen molar-refractivity contribution in [2.24, 2.45) is 0 Å². The van der Waals surface area contributed by atoms with E-state index in [2.05, 4.69) is 31.1 Å². The molecule has 3 aromatic rings. The Morgan fingerprint density at radius 1 is 1.00 bits per heavy atom. The molecule has 1 aliphatic rings. The molecule has 1 aliphatic heterocycles. The molecule has 2 heterocycles. The van der Waals surface area contributed by atoms with Crippen LogP contribution in [0.3, 0.4) is 0 Å². The molecular formula is C25H26N2O3. The van der Waals surface area contributed by atoms with Gasteiger partial charge in [-0.15, -0.1) is 0 Å². The lowest BCUT2D eigenvalue weighted by atomic mass is 9.87. The zero-order chi connectivity index (χ0) is 21.1. The summed E-state index contributed by atoms with van der Waals surface area (Å²) >= 11 is 0. The summed E-state index contributed by atoms with van der Waals surface area (Å²) in [7, 11) is 0. The van der Waals surface area contributed by atoms with Crippen LogP contribution in [0.1, 0.15) is 43.5 Å². The van der Waals surface area contributed by atoms with Gasteiger partial charge in [-0.05, 0) is 46.4 Å². The fourth-order valence-corrected chi connectivity index (χ4v) is 3.46. The van der Waals surface area contributed by atoms with Crippen molar-refractivity contribution in [3.63, 3.8) is 0 Å². The first kappa shape index (κ1) is 20.0. The summed E-state index contributed by atoms with van der Waals surface area (Å²) in [5.41, 5.74) is 3.12. The highest BCUT2D eigenvalue weighted by atomic mass is 16.6. The molecule has 0 bridgehead atoms. The molecule has 0 aliphatic carbocycles. The molecule has 5 heteroatoms. The maximum Gasteiger partial charge on any atom is 0.265 e. The minimum absolute atomic E-state index is 0.0139. The number of ether oxygens (including phenoxy) is 2. The van der Waals surface area contributed by atoms with Gasteiger partial charge in [-0.25, -0.2) is 0 Å². The molecule has 0 radical (unpaired) electrons. The van der Waals surface area contributed by atoms with E-state index in [-0.39, 0.29) is 24.0 Å². The van der Waals surface area contributed by atoms with Gasteiger partial charge in [0, 0.05) is 12.4 Å². The van der Waals surface area contributed by atoms with Gasteiger partial charge in [-0.2, -0.15) is 0 Å². The van der Waals surface area contributed by atoms with Gasteiger partial charge in [0.15, 0.2) is 11.5 Å². The van der Waals surface area contributed by atoms with E-state index >= 15 is 0 Å². The third-order valence-corrected chi connectivity index (χ3v) is 5.22. The van der Waals surface area contributed by atoms with Crippen LogP contribution in [-0.4, -0.2) is 23.6 Å². The Labute approximate surface area is 177 Å². The van der Waals surface area contributed by atoms with Gasteiger partial charge in [0.05, 0.1) is 6.04 Å². The number of fused-ring (bicyclic) bond motifs is 1. The first-order valence-electron chi connectivity index (χ1n) is 10.1. The quantitative estimate of drug-likeness (QED) is 0.702. The number of nitrogens with one attached hydrogen (secondary N) is 1. The van der Waals surface area contributed by atoms with Crippen LogP contribution in [0.4, 0.5) is 0 Å². The fourth-order valence-electron chi connectivity index (χ4n) is 3.46.